The van der Waals surface area contributed by atoms with Crippen LogP contribution in [0.1, 0.15) is 24.0 Å². The molecule has 0 amide bonds. The largest absolute Gasteiger partial charge is 0.382 e. The molecule has 0 saturated heterocycles. The molecule has 3 nitrogen and oxygen atoms in total. The zero-order chi connectivity index (χ0) is 11.8. The fourth-order valence-electron chi connectivity index (χ4n) is 2.63. The van der Waals surface area contributed by atoms with Crippen LogP contribution in [0.5, 0.6) is 0 Å². The molecule has 17 heavy (non-hydrogen) atoms. The fourth-order valence-corrected chi connectivity index (χ4v) is 2.63. The molecule has 3 heteroatoms. The van der Waals surface area contributed by atoms with Crippen molar-refractivity contribution >= 4 is 5.82 Å². The molecule has 0 atom stereocenters. The van der Waals surface area contributed by atoms with Gasteiger partial charge in [-0.05, 0) is 42.4 Å². The zero-order valence-corrected chi connectivity index (χ0v) is 10.1. The zero-order valence-electron chi connectivity index (χ0n) is 10.1. The van der Waals surface area contributed by atoms with Gasteiger partial charge in [0, 0.05) is 18.8 Å². The third kappa shape index (κ3) is 1.82. The summed E-state index contributed by atoms with van der Waals surface area (Å²) in [6.07, 6.45) is 7.03. The molecular formula is C14H17N3. The average Bonchev–Trinajstić information content (AvgIpc) is 2.68. The maximum Gasteiger partial charge on any atom is 0.153 e. The van der Waals surface area contributed by atoms with Gasteiger partial charge < -0.3 is 5.73 Å². The van der Waals surface area contributed by atoms with Crippen molar-refractivity contribution in [3.05, 3.63) is 35.5 Å². The smallest absolute Gasteiger partial charge is 0.153 e. The summed E-state index contributed by atoms with van der Waals surface area (Å²) in [5, 5.41) is 4.19. The molecule has 3 rings (SSSR count). The molecule has 1 aliphatic rings. The maximum absolute atomic E-state index is 5.92. The molecule has 88 valence electrons. The lowest BCUT2D eigenvalue weighted by Gasteiger charge is -2.16. The van der Waals surface area contributed by atoms with E-state index in [9.17, 15) is 0 Å². The number of aryl methyl sites for hydroxylation is 3. The maximum atomic E-state index is 5.92. The Morgan fingerprint density at radius 3 is 2.65 bits per heavy atom. The molecule has 1 aromatic carbocycles. The molecule has 1 heterocycles. The van der Waals surface area contributed by atoms with Crippen molar-refractivity contribution in [2.24, 2.45) is 7.05 Å². The number of hydrogen-bond acceptors (Lipinski definition) is 2. The Morgan fingerprint density at radius 1 is 1.18 bits per heavy atom. The minimum atomic E-state index is 0.614. The first-order valence-corrected chi connectivity index (χ1v) is 6.15. The van der Waals surface area contributed by atoms with E-state index in [1.807, 2.05) is 13.2 Å². The third-order valence-corrected chi connectivity index (χ3v) is 3.52. The van der Waals surface area contributed by atoms with Gasteiger partial charge in [0.05, 0.1) is 0 Å². The van der Waals surface area contributed by atoms with Crippen molar-refractivity contribution < 1.29 is 0 Å². The molecule has 0 spiro atoms. The monoisotopic (exact) mass is 227 g/mol. The molecule has 1 aromatic heterocycles. The normalized spacial score (nSPS) is 14.6. The van der Waals surface area contributed by atoms with Gasteiger partial charge in [-0.3, -0.25) is 4.68 Å². The van der Waals surface area contributed by atoms with Crippen LogP contribution in [0.15, 0.2) is 24.4 Å². The molecule has 0 saturated carbocycles. The van der Waals surface area contributed by atoms with Crippen molar-refractivity contribution in [3.8, 4) is 11.1 Å². The van der Waals surface area contributed by atoms with Crippen LogP contribution in [-0.2, 0) is 19.9 Å². The summed E-state index contributed by atoms with van der Waals surface area (Å²) in [5.74, 6) is 0.614. The summed E-state index contributed by atoms with van der Waals surface area (Å²) in [5.41, 5.74) is 11.1. The third-order valence-electron chi connectivity index (χ3n) is 3.52. The number of hydrogen-bond donors (Lipinski definition) is 1. The molecule has 2 aromatic rings. The van der Waals surface area contributed by atoms with E-state index in [0.717, 1.165) is 5.56 Å². The summed E-state index contributed by atoms with van der Waals surface area (Å²) in [6.45, 7) is 0. The Morgan fingerprint density at radius 2 is 1.94 bits per heavy atom. The Kier molecular flexibility index (Phi) is 2.39. The summed E-state index contributed by atoms with van der Waals surface area (Å²) in [7, 11) is 1.90. The van der Waals surface area contributed by atoms with Gasteiger partial charge in [0.25, 0.3) is 0 Å². The van der Waals surface area contributed by atoms with E-state index in [1.54, 1.807) is 4.68 Å². The predicted octanol–water partition coefficient (Wildman–Crippen LogP) is 2.55. The second kappa shape index (κ2) is 3.91. The van der Waals surface area contributed by atoms with E-state index in [0.29, 0.717) is 5.82 Å². The van der Waals surface area contributed by atoms with Gasteiger partial charge in [0.15, 0.2) is 5.82 Å². The number of rotatable bonds is 1. The Bertz CT molecular complexity index is 555. The summed E-state index contributed by atoms with van der Waals surface area (Å²) in [6, 6.07) is 6.69. The summed E-state index contributed by atoms with van der Waals surface area (Å²) >= 11 is 0. The van der Waals surface area contributed by atoms with E-state index in [2.05, 4.69) is 23.3 Å². The van der Waals surface area contributed by atoms with Crippen LogP contribution in [-0.4, -0.2) is 9.78 Å². The first-order valence-electron chi connectivity index (χ1n) is 6.15. The average molecular weight is 227 g/mol. The molecule has 0 bridgehead atoms. The number of fused-ring (bicyclic) bond motifs is 1. The van der Waals surface area contributed by atoms with Crippen molar-refractivity contribution in [3.63, 3.8) is 0 Å². The Balaban J connectivity index is 2.06. The highest BCUT2D eigenvalue weighted by Gasteiger charge is 2.12. The van der Waals surface area contributed by atoms with Crippen molar-refractivity contribution in [2.75, 3.05) is 5.73 Å². The topological polar surface area (TPSA) is 43.8 Å². The Hall–Kier alpha value is -1.77. The number of aromatic nitrogens is 2. The lowest BCUT2D eigenvalue weighted by molar-refractivity contribution is 0.686. The summed E-state index contributed by atoms with van der Waals surface area (Å²) in [4.78, 5) is 0. The minimum Gasteiger partial charge on any atom is -0.382 e. The number of nitrogens with zero attached hydrogens (tertiary/aromatic N) is 2. The first kappa shape index (κ1) is 10.4. The minimum absolute atomic E-state index is 0.614. The van der Waals surface area contributed by atoms with Gasteiger partial charge in [0.1, 0.15) is 0 Å². The molecule has 0 radical (unpaired) electrons. The van der Waals surface area contributed by atoms with Gasteiger partial charge in [-0.2, -0.15) is 5.10 Å². The van der Waals surface area contributed by atoms with Crippen molar-refractivity contribution in [2.45, 2.75) is 25.7 Å². The van der Waals surface area contributed by atoms with Crippen molar-refractivity contribution in [1.29, 1.82) is 0 Å². The summed E-state index contributed by atoms with van der Waals surface area (Å²) < 4.78 is 1.77. The van der Waals surface area contributed by atoms with E-state index >= 15 is 0 Å². The number of nitrogens with two attached hydrogens (primary N) is 1. The highest BCUT2D eigenvalue weighted by atomic mass is 15.3. The second-order valence-corrected chi connectivity index (χ2v) is 4.79. The van der Waals surface area contributed by atoms with E-state index in [4.69, 9.17) is 5.73 Å². The van der Waals surface area contributed by atoms with E-state index in [-0.39, 0.29) is 0 Å². The van der Waals surface area contributed by atoms with Gasteiger partial charge >= 0.3 is 0 Å². The highest BCUT2D eigenvalue weighted by Crippen LogP contribution is 2.29. The van der Waals surface area contributed by atoms with Crippen LogP contribution >= 0.6 is 0 Å². The highest BCUT2D eigenvalue weighted by molar-refractivity contribution is 5.74. The molecule has 0 aliphatic heterocycles. The Labute approximate surface area is 101 Å². The van der Waals surface area contributed by atoms with Crippen LogP contribution in [0.4, 0.5) is 5.82 Å². The van der Waals surface area contributed by atoms with E-state index < -0.39 is 0 Å². The standard InChI is InChI=1S/C14H17N3/c1-17-9-13(14(15)16-17)12-7-6-10-4-2-3-5-11(10)8-12/h6-9H,2-5H2,1H3,(H2,15,16). The first-order chi connectivity index (χ1) is 8.24. The van der Waals surface area contributed by atoms with Gasteiger partial charge in [-0.15, -0.1) is 0 Å². The van der Waals surface area contributed by atoms with Crippen LogP contribution in [0.3, 0.4) is 0 Å². The quantitative estimate of drug-likeness (QED) is 0.813. The molecule has 0 fully saturated rings. The molecule has 0 unspecified atom stereocenters. The van der Waals surface area contributed by atoms with Gasteiger partial charge in [-0.25, -0.2) is 0 Å². The second-order valence-electron chi connectivity index (χ2n) is 4.79. The number of benzene rings is 1. The van der Waals surface area contributed by atoms with Crippen LogP contribution < -0.4 is 5.73 Å². The lowest BCUT2D eigenvalue weighted by atomic mass is 9.89. The van der Waals surface area contributed by atoms with Crippen molar-refractivity contribution in [1.82, 2.24) is 9.78 Å². The molecule has 1 aliphatic carbocycles. The molecular weight excluding hydrogens is 210 g/mol. The fraction of sp³-hybridized carbons (Fsp3) is 0.357. The number of anilines is 1. The molecule has 2 N–H and O–H groups in total. The van der Waals surface area contributed by atoms with Crippen LogP contribution in [0.25, 0.3) is 11.1 Å². The lowest BCUT2D eigenvalue weighted by Crippen LogP contribution is -2.02. The predicted molar refractivity (Wildman–Crippen MR) is 69.7 cm³/mol. The van der Waals surface area contributed by atoms with Crippen LogP contribution in [0, 0.1) is 0 Å². The SMILES string of the molecule is Cn1cc(-c2ccc3c(c2)CCCC3)c(N)n1. The van der Waals surface area contributed by atoms with Gasteiger partial charge in [-0.1, -0.05) is 18.2 Å². The van der Waals surface area contributed by atoms with Crippen LogP contribution in [0.2, 0.25) is 0 Å². The van der Waals surface area contributed by atoms with Gasteiger partial charge in [0.2, 0.25) is 0 Å². The van der Waals surface area contributed by atoms with E-state index in [1.165, 1.54) is 42.4 Å². The number of nitrogen functional groups attached to an aromatic ring is 1.